The van der Waals surface area contributed by atoms with E-state index >= 15 is 0 Å². The average Bonchev–Trinajstić information content (AvgIpc) is 2.44. The zero-order chi connectivity index (χ0) is 16.5. The van der Waals surface area contributed by atoms with Crippen molar-refractivity contribution < 1.29 is 27.9 Å². The monoisotopic (exact) mass is 334 g/mol. The number of amides is 1. The van der Waals surface area contributed by atoms with Gasteiger partial charge in [-0.3, -0.25) is 10.0 Å². The number of carbonyl (C=O) groups excluding carboxylic acids is 1. The lowest BCUT2D eigenvalue weighted by Crippen LogP contribution is -2.57. The second-order valence-corrected chi connectivity index (χ2v) is 5.08. The number of nitrogens with one attached hydrogen (secondary N) is 1. The highest BCUT2D eigenvalue weighted by atomic mass is 32.1. The van der Waals surface area contributed by atoms with Crippen molar-refractivity contribution in [2.24, 2.45) is 0 Å². The minimum absolute atomic E-state index is 0.119. The Morgan fingerprint density at radius 3 is 2.64 bits per heavy atom. The standard InChI is InChI=1S/C13H13F3N2O3S/c1-21-10-3-2-7(6-8(10)13(14,15)16)12(22)18-5-4-9(18)11(19)17-20/h2-3,6,9,20H,4-5H2,1H3,(H,17,19)/t9-/m1/s1. The van der Waals surface area contributed by atoms with E-state index in [1.807, 2.05) is 0 Å². The van der Waals surface area contributed by atoms with Crippen LogP contribution in [-0.4, -0.2) is 40.7 Å². The summed E-state index contributed by atoms with van der Waals surface area (Å²) in [6.07, 6.45) is -4.11. The first-order valence-corrected chi connectivity index (χ1v) is 6.70. The van der Waals surface area contributed by atoms with Crippen LogP contribution in [0, 0.1) is 0 Å². The molecule has 1 aromatic carbocycles. The number of nitrogens with zero attached hydrogens (tertiary/aromatic N) is 1. The topological polar surface area (TPSA) is 61.8 Å². The number of likely N-dealkylation sites (tertiary alicyclic amines) is 1. The van der Waals surface area contributed by atoms with E-state index in [0.717, 1.165) is 13.2 Å². The summed E-state index contributed by atoms with van der Waals surface area (Å²) >= 11 is 5.16. The molecule has 0 bridgehead atoms. The van der Waals surface area contributed by atoms with Gasteiger partial charge in [-0.15, -0.1) is 0 Å². The number of alkyl halides is 3. The van der Waals surface area contributed by atoms with Crippen molar-refractivity contribution in [1.29, 1.82) is 0 Å². The van der Waals surface area contributed by atoms with Crippen LogP contribution in [0.2, 0.25) is 0 Å². The van der Waals surface area contributed by atoms with Crippen LogP contribution in [0.25, 0.3) is 0 Å². The number of methoxy groups -OCH3 is 1. The van der Waals surface area contributed by atoms with Crippen LogP contribution in [0.1, 0.15) is 17.5 Å². The molecule has 1 heterocycles. The van der Waals surface area contributed by atoms with E-state index in [-0.39, 0.29) is 16.3 Å². The van der Waals surface area contributed by atoms with E-state index in [2.05, 4.69) is 0 Å². The summed E-state index contributed by atoms with van der Waals surface area (Å²) in [6.45, 7) is 0.435. The third kappa shape index (κ3) is 3.00. The van der Waals surface area contributed by atoms with Gasteiger partial charge in [-0.2, -0.15) is 13.2 Å². The van der Waals surface area contributed by atoms with E-state index in [1.54, 1.807) is 0 Å². The van der Waals surface area contributed by atoms with Crippen molar-refractivity contribution in [1.82, 2.24) is 10.4 Å². The Morgan fingerprint density at radius 1 is 1.50 bits per heavy atom. The van der Waals surface area contributed by atoms with Crippen LogP contribution in [0.4, 0.5) is 13.2 Å². The van der Waals surface area contributed by atoms with Crippen molar-refractivity contribution >= 4 is 23.1 Å². The number of halogens is 3. The number of hydrogen-bond donors (Lipinski definition) is 2. The van der Waals surface area contributed by atoms with Gasteiger partial charge in [0, 0.05) is 12.1 Å². The predicted molar refractivity (Wildman–Crippen MR) is 74.7 cm³/mol. The Balaban J connectivity index is 2.30. The minimum Gasteiger partial charge on any atom is -0.496 e. The number of hydrogen-bond acceptors (Lipinski definition) is 4. The molecule has 2 N–H and O–H groups in total. The highest BCUT2D eigenvalue weighted by Gasteiger charge is 2.38. The van der Waals surface area contributed by atoms with Crippen molar-refractivity contribution in [3.05, 3.63) is 29.3 Å². The lowest BCUT2D eigenvalue weighted by atomic mass is 10.00. The molecule has 0 spiro atoms. The Hall–Kier alpha value is -1.87. The Morgan fingerprint density at radius 2 is 2.18 bits per heavy atom. The smallest absolute Gasteiger partial charge is 0.419 e. The van der Waals surface area contributed by atoms with Crippen molar-refractivity contribution in [3.63, 3.8) is 0 Å². The van der Waals surface area contributed by atoms with E-state index < -0.39 is 23.7 Å². The lowest BCUT2D eigenvalue weighted by Gasteiger charge is -2.41. The maximum atomic E-state index is 13.0. The summed E-state index contributed by atoms with van der Waals surface area (Å²) in [5.74, 6) is -0.939. The number of carbonyl (C=O) groups is 1. The van der Waals surface area contributed by atoms with Gasteiger partial charge in [-0.1, -0.05) is 12.2 Å². The third-order valence-electron chi connectivity index (χ3n) is 3.45. The van der Waals surface area contributed by atoms with Crippen LogP contribution in [0.15, 0.2) is 18.2 Å². The van der Waals surface area contributed by atoms with Gasteiger partial charge in [0.15, 0.2) is 0 Å². The molecule has 120 valence electrons. The van der Waals surface area contributed by atoms with Crippen molar-refractivity contribution in [3.8, 4) is 5.75 Å². The second kappa shape index (κ2) is 6.09. The molecule has 0 aromatic heterocycles. The molecule has 1 atom stereocenters. The van der Waals surface area contributed by atoms with Crippen LogP contribution in [0.5, 0.6) is 5.75 Å². The van der Waals surface area contributed by atoms with Crippen molar-refractivity contribution in [2.45, 2.75) is 18.6 Å². The van der Waals surface area contributed by atoms with E-state index in [0.29, 0.717) is 13.0 Å². The first-order chi connectivity index (χ1) is 10.3. The fourth-order valence-electron chi connectivity index (χ4n) is 2.21. The molecular weight excluding hydrogens is 321 g/mol. The molecule has 1 saturated heterocycles. The number of thiocarbonyl (C=S) groups is 1. The summed E-state index contributed by atoms with van der Waals surface area (Å²) in [4.78, 5) is 13.0. The van der Waals surface area contributed by atoms with Crippen molar-refractivity contribution in [2.75, 3.05) is 13.7 Å². The molecule has 0 radical (unpaired) electrons. The van der Waals surface area contributed by atoms with Gasteiger partial charge in [0.1, 0.15) is 16.8 Å². The van der Waals surface area contributed by atoms with E-state index in [4.69, 9.17) is 22.2 Å². The molecule has 2 rings (SSSR count). The molecule has 1 aliphatic rings. The van der Waals surface area contributed by atoms with Gasteiger partial charge in [0.05, 0.1) is 12.7 Å². The molecule has 5 nitrogen and oxygen atoms in total. The fourth-order valence-corrected chi connectivity index (χ4v) is 2.55. The summed E-state index contributed by atoms with van der Waals surface area (Å²) in [6, 6.07) is 2.82. The molecular formula is C13H13F3N2O3S. The lowest BCUT2D eigenvalue weighted by molar-refractivity contribution is -0.139. The maximum Gasteiger partial charge on any atom is 0.419 e. The third-order valence-corrected chi connectivity index (χ3v) is 3.92. The van der Waals surface area contributed by atoms with E-state index in [1.165, 1.54) is 22.5 Å². The second-order valence-electron chi connectivity index (χ2n) is 4.69. The number of hydroxylamine groups is 1. The molecule has 0 unspecified atom stereocenters. The van der Waals surface area contributed by atoms with E-state index in [9.17, 15) is 18.0 Å². The summed E-state index contributed by atoms with van der Waals surface area (Å²) < 4.78 is 43.7. The Kier molecular flexibility index (Phi) is 4.57. The molecule has 9 heteroatoms. The van der Waals surface area contributed by atoms with Gasteiger partial charge in [-0.25, -0.2) is 5.48 Å². The molecule has 0 saturated carbocycles. The van der Waals surface area contributed by atoms with Gasteiger partial charge in [0.2, 0.25) is 0 Å². The van der Waals surface area contributed by atoms with Crippen LogP contribution in [0.3, 0.4) is 0 Å². The average molecular weight is 334 g/mol. The van der Waals surface area contributed by atoms with Gasteiger partial charge in [-0.05, 0) is 24.6 Å². The van der Waals surface area contributed by atoms with Gasteiger partial charge < -0.3 is 9.64 Å². The highest BCUT2D eigenvalue weighted by molar-refractivity contribution is 7.80. The molecule has 1 fully saturated rings. The SMILES string of the molecule is COc1ccc(C(=S)N2CC[C@@H]2C(=O)NO)cc1C(F)(F)F. The zero-order valence-corrected chi connectivity index (χ0v) is 12.3. The fraction of sp³-hybridized carbons (Fsp3) is 0.385. The van der Waals surface area contributed by atoms with Crippen LogP contribution < -0.4 is 10.2 Å². The number of rotatable bonds is 3. The zero-order valence-electron chi connectivity index (χ0n) is 11.5. The first-order valence-electron chi connectivity index (χ1n) is 6.29. The molecule has 1 aliphatic heterocycles. The normalized spacial score (nSPS) is 17.7. The minimum atomic E-state index is -4.58. The summed E-state index contributed by atoms with van der Waals surface area (Å²) in [5.41, 5.74) is 0.750. The maximum absolute atomic E-state index is 13.0. The Bertz CT molecular complexity index is 607. The molecule has 1 aromatic rings. The molecule has 1 amide bonds. The predicted octanol–water partition coefficient (Wildman–Crippen LogP) is 1.97. The molecule has 22 heavy (non-hydrogen) atoms. The van der Waals surface area contributed by atoms with Gasteiger partial charge in [0.25, 0.3) is 5.91 Å². The van der Waals surface area contributed by atoms with Crippen LogP contribution in [-0.2, 0) is 11.0 Å². The highest BCUT2D eigenvalue weighted by Crippen LogP contribution is 2.37. The number of ether oxygens (including phenoxy) is 1. The van der Waals surface area contributed by atoms with Gasteiger partial charge >= 0.3 is 6.18 Å². The summed E-state index contributed by atoms with van der Waals surface area (Å²) in [7, 11) is 1.15. The quantitative estimate of drug-likeness (QED) is 0.503. The van der Waals surface area contributed by atoms with Crippen LogP contribution >= 0.6 is 12.2 Å². The number of benzene rings is 1. The molecule has 0 aliphatic carbocycles. The summed E-state index contributed by atoms with van der Waals surface area (Å²) in [5, 5.41) is 8.62. The largest absolute Gasteiger partial charge is 0.496 e. The first kappa shape index (κ1) is 16.5. The Labute approximate surface area is 129 Å².